The lowest BCUT2D eigenvalue weighted by Crippen LogP contribution is -2.37. The molecule has 0 aliphatic carbocycles. The number of unbranched alkanes of at least 4 members (excludes halogenated alkanes) is 3. The molecule has 1 heterocycles. The fraction of sp³-hybridized carbons (Fsp3) is 0.667. The molecule has 1 saturated heterocycles. The number of rotatable bonds is 9. The van der Waals surface area contributed by atoms with E-state index in [0.717, 1.165) is 0 Å². The van der Waals surface area contributed by atoms with E-state index in [9.17, 15) is 27.6 Å². The zero-order valence-electron chi connectivity index (χ0n) is 11.8. The zero-order valence-corrected chi connectivity index (χ0v) is 12.6. The third kappa shape index (κ3) is 5.43. The lowest BCUT2D eigenvalue weighted by Gasteiger charge is -2.13. The molecular weight excluding hydrogens is 318 g/mol. The van der Waals surface area contributed by atoms with Crippen LogP contribution in [0.4, 0.5) is 0 Å². The fourth-order valence-corrected chi connectivity index (χ4v) is 2.98. The average Bonchev–Trinajstić information content (AvgIpc) is 2.73. The van der Waals surface area contributed by atoms with Gasteiger partial charge in [0.25, 0.3) is 0 Å². The van der Waals surface area contributed by atoms with Crippen molar-refractivity contribution in [3.63, 3.8) is 0 Å². The van der Waals surface area contributed by atoms with E-state index in [1.54, 1.807) is 0 Å². The molecule has 22 heavy (non-hydrogen) atoms. The minimum atomic E-state index is -4.71. The topological polar surface area (TPSA) is 135 Å². The van der Waals surface area contributed by atoms with Gasteiger partial charge in [0.1, 0.15) is 0 Å². The molecular formula is C12H17NO8S. The van der Waals surface area contributed by atoms with Crippen LogP contribution in [-0.2, 0) is 33.7 Å². The number of amides is 2. The monoisotopic (exact) mass is 335 g/mol. The summed E-state index contributed by atoms with van der Waals surface area (Å²) in [6.45, 7) is 0. The largest absolute Gasteiger partial charge is 0.481 e. The number of aliphatic carboxylic acids is 1. The maximum Gasteiger partial charge on any atom is 0.421 e. The molecule has 0 radical (unpaired) electrons. The van der Waals surface area contributed by atoms with Crippen LogP contribution in [0.2, 0.25) is 0 Å². The van der Waals surface area contributed by atoms with Crippen LogP contribution in [0.15, 0.2) is 0 Å². The Hall–Kier alpha value is -1.97. The molecule has 1 aliphatic heterocycles. The molecule has 0 aromatic carbocycles. The van der Waals surface area contributed by atoms with Crippen molar-refractivity contribution in [3.8, 4) is 0 Å². The first kappa shape index (κ1) is 18.1. The van der Waals surface area contributed by atoms with Crippen molar-refractivity contribution in [3.05, 3.63) is 0 Å². The van der Waals surface area contributed by atoms with Gasteiger partial charge in [-0.2, -0.15) is 8.42 Å². The van der Waals surface area contributed by atoms with Crippen molar-refractivity contribution >= 4 is 34.1 Å². The summed E-state index contributed by atoms with van der Waals surface area (Å²) in [5, 5.41) is 8.43. The van der Waals surface area contributed by atoms with Gasteiger partial charge in [-0.15, -0.1) is 4.31 Å². The highest BCUT2D eigenvalue weighted by Gasteiger charge is 2.41. The van der Waals surface area contributed by atoms with Gasteiger partial charge in [-0.25, -0.2) is 0 Å². The van der Waals surface area contributed by atoms with Crippen LogP contribution in [0.25, 0.3) is 0 Å². The quantitative estimate of drug-likeness (QED) is 0.471. The first-order valence-electron chi connectivity index (χ1n) is 6.79. The van der Waals surface area contributed by atoms with Crippen LogP contribution in [0.3, 0.4) is 0 Å². The minimum Gasteiger partial charge on any atom is -0.481 e. The van der Waals surface area contributed by atoms with Crippen molar-refractivity contribution in [1.29, 1.82) is 0 Å². The number of carboxylic acid groups (broad SMARTS) is 1. The first-order chi connectivity index (χ1) is 10.2. The Balaban J connectivity index is 2.33. The van der Waals surface area contributed by atoms with Crippen LogP contribution < -0.4 is 0 Å². The third-order valence-electron chi connectivity index (χ3n) is 2.95. The predicted octanol–water partition coefficient (Wildman–Crippen LogP) is 0.349. The third-order valence-corrected chi connectivity index (χ3v) is 4.20. The summed E-state index contributed by atoms with van der Waals surface area (Å²) in [4.78, 5) is 44.3. The lowest BCUT2D eigenvalue weighted by molar-refractivity contribution is -0.138. The second kappa shape index (κ2) is 7.87. The van der Waals surface area contributed by atoms with Gasteiger partial charge in [0.05, 0.1) is 0 Å². The van der Waals surface area contributed by atoms with Gasteiger partial charge in [0.15, 0.2) is 0 Å². The summed E-state index contributed by atoms with van der Waals surface area (Å²) in [6, 6.07) is 0. The molecule has 1 fully saturated rings. The summed E-state index contributed by atoms with van der Waals surface area (Å²) in [5.41, 5.74) is 0. The molecule has 10 heteroatoms. The van der Waals surface area contributed by atoms with E-state index in [0.29, 0.717) is 25.7 Å². The normalized spacial score (nSPS) is 15.2. The maximum atomic E-state index is 11.7. The Bertz CT molecular complexity index is 552. The number of carbonyl (C=O) groups is 4. The van der Waals surface area contributed by atoms with Crippen LogP contribution >= 0.6 is 0 Å². The minimum absolute atomic E-state index is 0.0161. The summed E-state index contributed by atoms with van der Waals surface area (Å²) in [5.74, 6) is -3.77. The lowest BCUT2D eigenvalue weighted by atomic mass is 10.1. The molecule has 1 aliphatic rings. The molecule has 0 bridgehead atoms. The van der Waals surface area contributed by atoms with E-state index < -0.39 is 34.1 Å². The molecule has 0 saturated carbocycles. The fourth-order valence-electron chi connectivity index (χ4n) is 1.90. The van der Waals surface area contributed by atoms with Crippen LogP contribution in [0, 0.1) is 0 Å². The van der Waals surface area contributed by atoms with Crippen LogP contribution in [0.1, 0.15) is 51.4 Å². The summed E-state index contributed by atoms with van der Waals surface area (Å²) in [7, 11) is -4.71. The Morgan fingerprint density at radius 2 is 1.50 bits per heavy atom. The molecule has 0 spiro atoms. The Morgan fingerprint density at radius 1 is 1.00 bits per heavy atom. The van der Waals surface area contributed by atoms with Crippen LogP contribution in [-0.4, -0.2) is 41.6 Å². The van der Waals surface area contributed by atoms with E-state index >= 15 is 0 Å². The van der Waals surface area contributed by atoms with Gasteiger partial charge >= 0.3 is 22.2 Å². The molecule has 124 valence electrons. The Labute approximate surface area is 127 Å². The number of nitrogens with zero attached hydrogens (tertiary/aromatic N) is 1. The molecule has 1 rings (SSSR count). The van der Waals surface area contributed by atoms with Crippen molar-refractivity contribution < 1.29 is 36.9 Å². The van der Waals surface area contributed by atoms with E-state index in [2.05, 4.69) is 4.18 Å². The van der Waals surface area contributed by atoms with Gasteiger partial charge in [0.2, 0.25) is 11.8 Å². The number of hydrogen-bond acceptors (Lipinski definition) is 7. The molecule has 0 aromatic rings. The maximum absolute atomic E-state index is 11.7. The zero-order chi connectivity index (χ0) is 16.8. The molecule has 2 amide bonds. The van der Waals surface area contributed by atoms with Crippen molar-refractivity contribution in [1.82, 2.24) is 4.31 Å². The van der Waals surface area contributed by atoms with E-state index in [1.165, 1.54) is 0 Å². The summed E-state index contributed by atoms with van der Waals surface area (Å²) >= 11 is 0. The Kier molecular flexibility index (Phi) is 6.47. The molecule has 0 aromatic heterocycles. The molecule has 9 nitrogen and oxygen atoms in total. The second-order valence-electron chi connectivity index (χ2n) is 4.77. The smallest absolute Gasteiger partial charge is 0.421 e. The summed E-state index contributed by atoms with van der Waals surface area (Å²) < 4.78 is 27.5. The molecule has 1 N–H and O–H groups in total. The summed E-state index contributed by atoms with van der Waals surface area (Å²) in [6.07, 6.45) is 1.34. The number of hydrogen-bond donors (Lipinski definition) is 1. The van der Waals surface area contributed by atoms with Crippen molar-refractivity contribution in [2.45, 2.75) is 51.4 Å². The van der Waals surface area contributed by atoms with Gasteiger partial charge < -0.3 is 9.29 Å². The SMILES string of the molecule is O=C(O)CCCCCCC(=O)OS(=O)(=O)N1C(=O)CCC1=O. The highest BCUT2D eigenvalue weighted by Crippen LogP contribution is 2.18. The second-order valence-corrected chi connectivity index (χ2v) is 6.16. The molecule has 0 unspecified atom stereocenters. The van der Waals surface area contributed by atoms with Crippen LogP contribution in [0.5, 0.6) is 0 Å². The number of imide groups is 1. The van der Waals surface area contributed by atoms with Gasteiger partial charge in [-0.1, -0.05) is 12.8 Å². The highest BCUT2D eigenvalue weighted by molar-refractivity contribution is 7.86. The van der Waals surface area contributed by atoms with E-state index in [-0.39, 0.29) is 30.0 Å². The van der Waals surface area contributed by atoms with E-state index in [1.807, 2.05) is 0 Å². The standard InChI is InChI=1S/C12H17NO8S/c14-9-7-8-10(15)13(9)22(19,20)21-12(18)6-4-2-1-3-5-11(16)17/h1-8H2,(H,16,17). The average molecular weight is 335 g/mol. The predicted molar refractivity (Wildman–Crippen MR) is 71.4 cm³/mol. The van der Waals surface area contributed by atoms with E-state index in [4.69, 9.17) is 5.11 Å². The molecule has 0 atom stereocenters. The van der Waals surface area contributed by atoms with Gasteiger partial charge in [-0.3, -0.25) is 19.2 Å². The van der Waals surface area contributed by atoms with Crippen molar-refractivity contribution in [2.75, 3.05) is 0 Å². The first-order valence-corrected chi connectivity index (χ1v) is 8.15. The van der Waals surface area contributed by atoms with Gasteiger partial charge in [-0.05, 0) is 12.8 Å². The van der Waals surface area contributed by atoms with Crippen molar-refractivity contribution in [2.24, 2.45) is 0 Å². The van der Waals surface area contributed by atoms with Gasteiger partial charge in [0, 0.05) is 25.7 Å². The Morgan fingerprint density at radius 3 is 2.00 bits per heavy atom. The number of carbonyl (C=O) groups excluding carboxylic acids is 3. The highest BCUT2D eigenvalue weighted by atomic mass is 32.2. The number of carboxylic acids is 1.